The molecular weight excluding hydrogens is 318 g/mol. The van der Waals surface area contributed by atoms with Crippen LogP contribution in [0.1, 0.15) is 61.0 Å². The van der Waals surface area contributed by atoms with Crippen molar-refractivity contribution in [2.45, 2.75) is 70.0 Å². The molecule has 5 rings (SSSR count). The number of hydrogen-bond donors (Lipinski definition) is 0. The molecule has 0 radical (unpaired) electrons. The molecule has 132 valence electrons. The molecule has 2 aromatic heterocycles. The third kappa shape index (κ3) is 3.01. The highest BCUT2D eigenvalue weighted by molar-refractivity contribution is 5.22. The number of aromatic nitrogens is 4. The Morgan fingerprint density at radius 3 is 3.00 bits per heavy atom. The Kier molecular flexibility index (Phi) is 3.69. The van der Waals surface area contributed by atoms with Crippen LogP contribution in [0.25, 0.3) is 0 Å². The van der Waals surface area contributed by atoms with Crippen LogP contribution in [0.2, 0.25) is 0 Å². The van der Waals surface area contributed by atoms with Crippen molar-refractivity contribution in [1.82, 2.24) is 24.8 Å². The molecule has 2 aromatic rings. The van der Waals surface area contributed by atoms with E-state index in [1.165, 1.54) is 12.8 Å². The summed E-state index contributed by atoms with van der Waals surface area (Å²) < 4.78 is 7.03. The molecule has 0 spiro atoms. The molecule has 1 saturated carbocycles. The van der Waals surface area contributed by atoms with Crippen molar-refractivity contribution < 1.29 is 4.52 Å². The third-order valence-corrected chi connectivity index (χ3v) is 5.66. The van der Waals surface area contributed by atoms with Crippen LogP contribution in [0.15, 0.2) is 15.4 Å². The van der Waals surface area contributed by atoms with E-state index < -0.39 is 0 Å². The number of aryl methyl sites for hydroxylation is 2. The molecule has 3 aliphatic rings. The smallest absolute Gasteiger partial charge is 0.267 e. The van der Waals surface area contributed by atoms with Crippen molar-refractivity contribution in [3.63, 3.8) is 0 Å². The molecule has 7 nitrogen and oxygen atoms in total. The second-order valence-electron chi connectivity index (χ2n) is 7.58. The summed E-state index contributed by atoms with van der Waals surface area (Å²) in [6.45, 7) is 2.36. The number of rotatable bonds is 5. The minimum absolute atomic E-state index is 0.0306. The van der Waals surface area contributed by atoms with Crippen molar-refractivity contribution in [1.29, 1.82) is 0 Å². The Labute approximate surface area is 146 Å². The Morgan fingerprint density at radius 1 is 1.20 bits per heavy atom. The van der Waals surface area contributed by atoms with Gasteiger partial charge in [0.05, 0.1) is 18.8 Å². The molecule has 7 heteroatoms. The molecule has 2 aliphatic carbocycles. The summed E-state index contributed by atoms with van der Waals surface area (Å²) in [5, 5.41) is 8.76. The lowest BCUT2D eigenvalue weighted by Gasteiger charge is -2.23. The highest BCUT2D eigenvalue weighted by atomic mass is 16.5. The van der Waals surface area contributed by atoms with Crippen molar-refractivity contribution in [3.05, 3.63) is 39.4 Å². The first-order valence-electron chi connectivity index (χ1n) is 9.43. The molecule has 0 aromatic carbocycles. The second kappa shape index (κ2) is 6.05. The first-order valence-corrected chi connectivity index (χ1v) is 9.43. The maximum absolute atomic E-state index is 12.4. The zero-order valence-electron chi connectivity index (χ0n) is 14.4. The minimum atomic E-state index is 0.0306. The second-order valence-corrected chi connectivity index (χ2v) is 7.58. The van der Waals surface area contributed by atoms with Gasteiger partial charge in [-0.1, -0.05) is 5.16 Å². The Bertz CT molecular complexity index is 838. The SMILES string of the molecule is O=c1cc2c(nn1CC1CCCN1Cc1noc(C3CC3)n1)CCC2. The van der Waals surface area contributed by atoms with Gasteiger partial charge in [0, 0.05) is 18.0 Å². The molecule has 1 aliphatic heterocycles. The molecule has 2 fully saturated rings. The van der Waals surface area contributed by atoms with Gasteiger partial charge < -0.3 is 4.52 Å². The van der Waals surface area contributed by atoms with Crippen LogP contribution in [0.5, 0.6) is 0 Å². The van der Waals surface area contributed by atoms with Crippen molar-refractivity contribution in [3.8, 4) is 0 Å². The van der Waals surface area contributed by atoms with Gasteiger partial charge in [0.1, 0.15) is 0 Å². The minimum Gasteiger partial charge on any atom is -0.339 e. The maximum Gasteiger partial charge on any atom is 0.267 e. The fourth-order valence-corrected chi connectivity index (χ4v) is 4.09. The summed E-state index contributed by atoms with van der Waals surface area (Å²) in [6, 6.07) is 2.10. The van der Waals surface area contributed by atoms with E-state index in [1.54, 1.807) is 10.7 Å². The molecular formula is C18H23N5O2. The van der Waals surface area contributed by atoms with E-state index in [2.05, 4.69) is 20.1 Å². The zero-order valence-corrected chi connectivity index (χ0v) is 14.4. The third-order valence-electron chi connectivity index (χ3n) is 5.66. The summed E-state index contributed by atoms with van der Waals surface area (Å²) in [6.07, 6.45) is 7.66. The van der Waals surface area contributed by atoms with Gasteiger partial charge in [-0.25, -0.2) is 4.68 Å². The van der Waals surface area contributed by atoms with E-state index >= 15 is 0 Å². The van der Waals surface area contributed by atoms with Gasteiger partial charge in [0.2, 0.25) is 5.89 Å². The Hall–Kier alpha value is -2.02. The molecule has 1 saturated heterocycles. The van der Waals surface area contributed by atoms with E-state index in [1.807, 2.05) is 0 Å². The van der Waals surface area contributed by atoms with Gasteiger partial charge in [-0.15, -0.1) is 0 Å². The van der Waals surface area contributed by atoms with E-state index in [9.17, 15) is 4.79 Å². The van der Waals surface area contributed by atoms with Gasteiger partial charge >= 0.3 is 0 Å². The number of hydrogen-bond acceptors (Lipinski definition) is 6. The van der Waals surface area contributed by atoms with Crippen LogP contribution in [-0.4, -0.2) is 37.4 Å². The van der Waals surface area contributed by atoms with Crippen LogP contribution >= 0.6 is 0 Å². The molecule has 1 atom stereocenters. The summed E-state index contributed by atoms with van der Waals surface area (Å²) in [5.74, 6) is 2.05. The molecule has 0 N–H and O–H groups in total. The van der Waals surface area contributed by atoms with Crippen LogP contribution in [-0.2, 0) is 25.9 Å². The van der Waals surface area contributed by atoms with Crippen molar-refractivity contribution >= 4 is 0 Å². The van der Waals surface area contributed by atoms with Crippen LogP contribution in [0.3, 0.4) is 0 Å². The fourth-order valence-electron chi connectivity index (χ4n) is 4.09. The van der Waals surface area contributed by atoms with Gasteiger partial charge in [-0.05, 0) is 57.1 Å². The molecule has 0 amide bonds. The predicted octanol–water partition coefficient (Wildman–Crippen LogP) is 1.66. The van der Waals surface area contributed by atoms with E-state index in [-0.39, 0.29) is 5.56 Å². The lowest BCUT2D eigenvalue weighted by atomic mass is 10.2. The van der Waals surface area contributed by atoms with Gasteiger partial charge in [0.25, 0.3) is 5.56 Å². The monoisotopic (exact) mass is 341 g/mol. The first-order chi connectivity index (χ1) is 12.3. The molecule has 25 heavy (non-hydrogen) atoms. The fraction of sp³-hybridized carbons (Fsp3) is 0.667. The number of fused-ring (bicyclic) bond motifs is 1. The summed E-state index contributed by atoms with van der Waals surface area (Å²) in [5.41, 5.74) is 2.28. The molecule has 1 unspecified atom stereocenters. The van der Waals surface area contributed by atoms with E-state index in [0.717, 1.165) is 61.6 Å². The van der Waals surface area contributed by atoms with Crippen molar-refractivity contribution in [2.24, 2.45) is 0 Å². The normalized spacial score (nSPS) is 23.3. The topological polar surface area (TPSA) is 77.0 Å². The lowest BCUT2D eigenvalue weighted by molar-refractivity contribution is 0.209. The lowest BCUT2D eigenvalue weighted by Crippen LogP contribution is -2.37. The quantitative estimate of drug-likeness (QED) is 0.823. The van der Waals surface area contributed by atoms with Gasteiger partial charge in [0.15, 0.2) is 5.82 Å². The maximum atomic E-state index is 12.4. The number of nitrogens with zero attached hydrogens (tertiary/aromatic N) is 5. The summed E-state index contributed by atoms with van der Waals surface area (Å²) in [4.78, 5) is 19.3. The average Bonchev–Trinajstić information content (AvgIpc) is 2.98. The van der Waals surface area contributed by atoms with Crippen molar-refractivity contribution in [2.75, 3.05) is 6.54 Å². The highest BCUT2D eigenvalue weighted by Crippen LogP contribution is 2.39. The highest BCUT2D eigenvalue weighted by Gasteiger charge is 2.31. The largest absolute Gasteiger partial charge is 0.339 e. The Balaban J connectivity index is 1.30. The van der Waals surface area contributed by atoms with Crippen LogP contribution in [0.4, 0.5) is 0 Å². The van der Waals surface area contributed by atoms with Crippen LogP contribution in [0, 0.1) is 0 Å². The predicted molar refractivity (Wildman–Crippen MR) is 90.2 cm³/mol. The van der Waals surface area contributed by atoms with E-state index in [4.69, 9.17) is 4.52 Å². The van der Waals surface area contributed by atoms with Crippen LogP contribution < -0.4 is 5.56 Å². The zero-order chi connectivity index (χ0) is 16.8. The van der Waals surface area contributed by atoms with Gasteiger partial charge in [-0.2, -0.15) is 10.1 Å². The van der Waals surface area contributed by atoms with Gasteiger partial charge in [-0.3, -0.25) is 9.69 Å². The number of likely N-dealkylation sites (tertiary alicyclic amines) is 1. The first kappa shape index (κ1) is 15.3. The van der Waals surface area contributed by atoms with E-state index in [0.29, 0.717) is 25.0 Å². The summed E-state index contributed by atoms with van der Waals surface area (Å²) >= 11 is 0. The molecule has 3 heterocycles. The average molecular weight is 341 g/mol. The molecule has 0 bridgehead atoms. The standard InChI is InChI=1S/C18H23N5O2/c24-17-9-13-3-1-5-15(13)20-23(17)10-14-4-2-8-22(14)11-16-19-18(25-21-16)12-6-7-12/h9,12,14H,1-8,10-11H2. The Morgan fingerprint density at radius 2 is 2.12 bits per heavy atom. The summed E-state index contributed by atoms with van der Waals surface area (Å²) in [7, 11) is 0.